The molecule has 7 nitrogen and oxygen atoms in total. The predicted molar refractivity (Wildman–Crippen MR) is 121 cm³/mol. The summed E-state index contributed by atoms with van der Waals surface area (Å²) in [4.78, 5) is 29.2. The summed E-state index contributed by atoms with van der Waals surface area (Å²) in [5, 5.41) is 4.71. The number of hydrogen-bond acceptors (Lipinski definition) is 4. The maximum atomic E-state index is 13.2. The van der Waals surface area contributed by atoms with Crippen molar-refractivity contribution in [3.05, 3.63) is 100 Å². The zero-order valence-corrected chi connectivity index (χ0v) is 17.9. The molecule has 0 aliphatic carbocycles. The van der Waals surface area contributed by atoms with E-state index in [9.17, 15) is 22.8 Å². The number of rotatable bonds is 5. The fraction of sp³-hybridized carbons (Fsp3) is 0.125. The van der Waals surface area contributed by atoms with Crippen LogP contribution >= 0.6 is 0 Å². The quantitative estimate of drug-likeness (QED) is 0.419. The average molecular weight is 468 g/mol. The van der Waals surface area contributed by atoms with Gasteiger partial charge in [0.25, 0.3) is 5.56 Å². The Hall–Kier alpha value is -4.34. The van der Waals surface area contributed by atoms with Crippen LogP contribution in [-0.2, 0) is 12.8 Å². The van der Waals surface area contributed by atoms with E-state index in [1.807, 2.05) is 6.92 Å². The van der Waals surface area contributed by atoms with Crippen LogP contribution in [0.2, 0.25) is 0 Å². The molecule has 0 unspecified atom stereocenters. The largest absolute Gasteiger partial charge is 0.485 e. The van der Waals surface area contributed by atoms with Crippen molar-refractivity contribution in [2.75, 3.05) is 10.6 Å². The monoisotopic (exact) mass is 468 g/mol. The van der Waals surface area contributed by atoms with E-state index < -0.39 is 17.8 Å². The number of benzene rings is 2. The molecule has 0 aliphatic heterocycles. The lowest BCUT2D eigenvalue weighted by Crippen LogP contribution is -2.22. The van der Waals surface area contributed by atoms with Crippen molar-refractivity contribution in [1.82, 2.24) is 9.38 Å². The van der Waals surface area contributed by atoms with Crippen molar-refractivity contribution in [2.45, 2.75) is 19.7 Å². The minimum Gasteiger partial charge on any atom is -0.485 e. The molecule has 0 fully saturated rings. The number of aromatic nitrogens is 2. The van der Waals surface area contributed by atoms with Gasteiger partial charge in [0.05, 0.1) is 22.6 Å². The van der Waals surface area contributed by atoms with Crippen LogP contribution in [0.5, 0.6) is 5.75 Å². The van der Waals surface area contributed by atoms with Crippen LogP contribution in [-0.4, -0.2) is 15.4 Å². The Morgan fingerprint density at radius 2 is 1.68 bits per heavy atom. The maximum Gasteiger partial charge on any atom is 0.418 e. The van der Waals surface area contributed by atoms with Crippen LogP contribution in [0, 0.1) is 6.92 Å². The van der Waals surface area contributed by atoms with E-state index in [1.165, 1.54) is 28.7 Å². The number of amides is 2. The highest BCUT2D eigenvalue weighted by atomic mass is 19.4. The molecule has 0 saturated heterocycles. The lowest BCUT2D eigenvalue weighted by Gasteiger charge is -2.15. The Kier molecular flexibility index (Phi) is 6.22. The normalized spacial score (nSPS) is 11.3. The maximum absolute atomic E-state index is 13.2. The van der Waals surface area contributed by atoms with Gasteiger partial charge in [-0.1, -0.05) is 24.3 Å². The van der Waals surface area contributed by atoms with E-state index in [0.717, 1.165) is 17.7 Å². The van der Waals surface area contributed by atoms with Gasteiger partial charge in [0.1, 0.15) is 18.0 Å². The van der Waals surface area contributed by atoms with Crippen LogP contribution in [0.1, 0.15) is 16.8 Å². The van der Waals surface area contributed by atoms with Gasteiger partial charge >= 0.3 is 12.2 Å². The van der Waals surface area contributed by atoms with Crippen LogP contribution in [0.4, 0.5) is 29.3 Å². The van der Waals surface area contributed by atoms with Gasteiger partial charge in [0, 0.05) is 12.3 Å². The van der Waals surface area contributed by atoms with Gasteiger partial charge in [-0.25, -0.2) is 9.78 Å². The number of aryl methyl sites for hydroxylation is 1. The number of carbonyl (C=O) groups is 1. The van der Waals surface area contributed by atoms with E-state index in [-0.39, 0.29) is 29.3 Å². The highest BCUT2D eigenvalue weighted by Gasteiger charge is 2.33. The zero-order valence-electron chi connectivity index (χ0n) is 17.9. The number of urea groups is 1. The molecule has 0 radical (unpaired) electrons. The predicted octanol–water partition coefficient (Wildman–Crippen LogP) is 5.24. The van der Waals surface area contributed by atoms with Crippen molar-refractivity contribution in [1.29, 1.82) is 0 Å². The summed E-state index contributed by atoms with van der Waals surface area (Å²) in [6, 6.07) is 15.1. The first-order valence-corrected chi connectivity index (χ1v) is 10.2. The van der Waals surface area contributed by atoms with E-state index in [1.54, 1.807) is 36.5 Å². The molecule has 0 atom stereocenters. The van der Waals surface area contributed by atoms with Crippen molar-refractivity contribution in [3.8, 4) is 5.75 Å². The summed E-state index contributed by atoms with van der Waals surface area (Å²) in [5.41, 5.74) is 0.433. The topological polar surface area (TPSA) is 84.7 Å². The fourth-order valence-electron chi connectivity index (χ4n) is 3.29. The molecule has 10 heteroatoms. The Morgan fingerprint density at radius 1 is 1.00 bits per heavy atom. The molecule has 2 aromatic heterocycles. The summed E-state index contributed by atoms with van der Waals surface area (Å²) in [5.74, 6) is 0.257. The molecule has 4 rings (SSSR count). The Labute approximate surface area is 191 Å². The second kappa shape index (κ2) is 9.26. The number of carbonyl (C=O) groups excluding carboxylic acids is 1. The van der Waals surface area contributed by atoms with Crippen molar-refractivity contribution < 1.29 is 22.7 Å². The highest BCUT2D eigenvalue weighted by molar-refractivity contribution is 6.01. The molecule has 174 valence electrons. The number of hydrogen-bond donors (Lipinski definition) is 2. The second-order valence-electron chi connectivity index (χ2n) is 7.43. The van der Waals surface area contributed by atoms with Crippen LogP contribution in [0.15, 0.2) is 77.7 Å². The molecule has 0 bridgehead atoms. The van der Waals surface area contributed by atoms with Gasteiger partial charge in [-0.2, -0.15) is 13.2 Å². The molecule has 2 N–H and O–H groups in total. The molecule has 0 aliphatic rings. The van der Waals surface area contributed by atoms with E-state index in [4.69, 9.17) is 4.74 Å². The minimum atomic E-state index is -4.62. The third-order valence-electron chi connectivity index (χ3n) is 4.87. The van der Waals surface area contributed by atoms with Gasteiger partial charge in [0.2, 0.25) is 0 Å². The van der Waals surface area contributed by atoms with E-state index in [2.05, 4.69) is 15.6 Å². The van der Waals surface area contributed by atoms with Crippen molar-refractivity contribution in [3.63, 3.8) is 0 Å². The summed E-state index contributed by atoms with van der Waals surface area (Å²) < 4.78 is 46.7. The molecule has 0 spiro atoms. The third-order valence-corrected chi connectivity index (χ3v) is 4.87. The van der Waals surface area contributed by atoms with Crippen molar-refractivity contribution in [2.24, 2.45) is 0 Å². The van der Waals surface area contributed by atoms with Gasteiger partial charge in [-0.15, -0.1) is 0 Å². The Morgan fingerprint density at radius 3 is 2.44 bits per heavy atom. The number of halogens is 3. The minimum absolute atomic E-state index is 0.0586. The first-order valence-electron chi connectivity index (χ1n) is 10.2. The SMILES string of the molecule is Cc1ccn2c(=O)cc(COc3ccccc3NC(=O)Nc3ccccc3C(F)(F)F)nc2c1. The van der Waals surface area contributed by atoms with Crippen molar-refractivity contribution >= 4 is 23.1 Å². The fourth-order valence-corrected chi connectivity index (χ4v) is 3.29. The molecule has 34 heavy (non-hydrogen) atoms. The summed E-state index contributed by atoms with van der Waals surface area (Å²) >= 11 is 0. The van der Waals surface area contributed by atoms with Crippen LogP contribution in [0.25, 0.3) is 5.65 Å². The number of para-hydroxylation sites is 3. The molecular weight excluding hydrogens is 449 g/mol. The first kappa shape index (κ1) is 22.8. The molecule has 0 saturated carbocycles. The van der Waals surface area contributed by atoms with Gasteiger partial charge in [-0.05, 0) is 48.9 Å². The zero-order chi connectivity index (χ0) is 24.3. The standard InChI is InChI=1S/C24H19F3N4O3/c1-15-10-11-31-21(12-15)28-16(13-22(31)32)14-34-20-9-5-4-8-19(20)30-23(33)29-18-7-3-2-6-17(18)24(25,26)27/h2-13H,14H2,1H3,(H2,29,30,33). The molecule has 2 amide bonds. The smallest absolute Gasteiger partial charge is 0.418 e. The number of fused-ring (bicyclic) bond motifs is 1. The Bertz CT molecular complexity index is 1420. The number of anilines is 2. The van der Waals surface area contributed by atoms with Crippen LogP contribution in [0.3, 0.4) is 0 Å². The summed E-state index contributed by atoms with van der Waals surface area (Å²) in [6.45, 7) is 1.83. The van der Waals surface area contributed by atoms with Gasteiger partial charge < -0.3 is 15.4 Å². The first-order chi connectivity index (χ1) is 16.2. The third kappa shape index (κ3) is 5.17. The lowest BCUT2D eigenvalue weighted by atomic mass is 10.1. The number of ether oxygens (including phenoxy) is 1. The Balaban J connectivity index is 1.49. The average Bonchev–Trinajstić information content (AvgIpc) is 2.78. The van der Waals surface area contributed by atoms with E-state index >= 15 is 0 Å². The number of nitrogens with one attached hydrogen (secondary N) is 2. The number of pyridine rings is 1. The molecule has 2 aromatic carbocycles. The molecule has 4 aromatic rings. The van der Waals surface area contributed by atoms with E-state index in [0.29, 0.717) is 11.3 Å². The molecular formula is C24H19F3N4O3. The number of nitrogens with zero attached hydrogens (tertiary/aromatic N) is 2. The van der Waals surface area contributed by atoms with Crippen LogP contribution < -0.4 is 20.9 Å². The van der Waals surface area contributed by atoms with Gasteiger partial charge in [-0.3, -0.25) is 9.20 Å². The highest BCUT2D eigenvalue weighted by Crippen LogP contribution is 2.34. The second-order valence-corrected chi connectivity index (χ2v) is 7.43. The van der Waals surface area contributed by atoms with Gasteiger partial charge in [0.15, 0.2) is 0 Å². The number of alkyl halides is 3. The summed E-state index contributed by atoms with van der Waals surface area (Å²) in [6.07, 6.45) is -2.98. The lowest BCUT2D eigenvalue weighted by molar-refractivity contribution is -0.136. The molecule has 2 heterocycles. The summed E-state index contributed by atoms with van der Waals surface area (Å²) in [7, 11) is 0.